The van der Waals surface area contributed by atoms with Crippen molar-refractivity contribution in [3.63, 3.8) is 0 Å². The van der Waals surface area contributed by atoms with Gasteiger partial charge in [-0.1, -0.05) is 42.5 Å². The number of benzene rings is 2. The van der Waals surface area contributed by atoms with E-state index in [-0.39, 0.29) is 25.2 Å². The summed E-state index contributed by atoms with van der Waals surface area (Å²) in [5.41, 5.74) is 0.975. The smallest absolute Gasteiger partial charge is 0.351 e. The second-order valence-corrected chi connectivity index (χ2v) is 5.67. The van der Waals surface area contributed by atoms with E-state index in [4.69, 9.17) is 14.2 Å². The molecule has 1 amide bonds. The highest BCUT2D eigenvalue weighted by atomic mass is 16.6. The molecule has 1 heterocycles. The molecule has 0 radical (unpaired) electrons. The molecule has 1 aliphatic rings. The number of carbonyl (C=O) groups is 2. The van der Waals surface area contributed by atoms with Crippen LogP contribution in [-0.2, 0) is 14.3 Å². The van der Waals surface area contributed by atoms with Gasteiger partial charge in [-0.05, 0) is 24.6 Å². The van der Waals surface area contributed by atoms with Gasteiger partial charge in [0, 0.05) is 0 Å². The number of hydrogen-bond donors (Lipinski definition) is 1. The lowest BCUT2D eigenvalue weighted by atomic mass is 10.1. The van der Waals surface area contributed by atoms with Crippen LogP contribution in [0.2, 0.25) is 0 Å². The van der Waals surface area contributed by atoms with Crippen LogP contribution in [0.25, 0.3) is 0 Å². The van der Waals surface area contributed by atoms with E-state index in [1.807, 2.05) is 43.3 Å². The molecule has 0 spiro atoms. The summed E-state index contributed by atoms with van der Waals surface area (Å²) in [6.45, 7) is 1.56. The summed E-state index contributed by atoms with van der Waals surface area (Å²) >= 11 is 0. The Morgan fingerprint density at radius 2 is 1.80 bits per heavy atom. The van der Waals surface area contributed by atoms with E-state index < -0.39 is 12.1 Å². The van der Waals surface area contributed by atoms with Gasteiger partial charge in [-0.15, -0.1) is 0 Å². The van der Waals surface area contributed by atoms with Crippen LogP contribution in [0, 0.1) is 0 Å². The number of ether oxygens (including phenoxy) is 3. The van der Waals surface area contributed by atoms with Gasteiger partial charge in [0.2, 0.25) is 6.10 Å². The number of nitrogens with one attached hydrogen (secondary N) is 1. The molecule has 1 N–H and O–H groups in total. The fraction of sp³-hybridized carbons (Fsp3) is 0.263. The van der Waals surface area contributed by atoms with E-state index in [9.17, 15) is 9.59 Å². The maximum absolute atomic E-state index is 12.1. The molecule has 130 valence electrons. The Hall–Kier alpha value is -3.02. The van der Waals surface area contributed by atoms with Crippen LogP contribution in [0.5, 0.6) is 11.5 Å². The lowest BCUT2D eigenvalue weighted by molar-refractivity contribution is -0.157. The molecule has 0 saturated heterocycles. The van der Waals surface area contributed by atoms with Gasteiger partial charge >= 0.3 is 5.97 Å². The second-order valence-electron chi connectivity index (χ2n) is 5.67. The maximum Gasteiger partial charge on any atom is 0.351 e. The molecule has 0 aliphatic carbocycles. The molecule has 3 rings (SSSR count). The summed E-state index contributed by atoms with van der Waals surface area (Å²) in [5.74, 6) is 0.0673. The third-order valence-corrected chi connectivity index (χ3v) is 3.79. The summed E-state index contributed by atoms with van der Waals surface area (Å²) in [5, 5.41) is 2.78. The quantitative estimate of drug-likeness (QED) is 0.845. The van der Waals surface area contributed by atoms with Gasteiger partial charge in [0.05, 0.1) is 6.04 Å². The van der Waals surface area contributed by atoms with E-state index in [0.717, 1.165) is 5.56 Å². The fourth-order valence-corrected chi connectivity index (χ4v) is 2.47. The minimum Gasteiger partial charge on any atom is -0.485 e. The van der Waals surface area contributed by atoms with Crippen molar-refractivity contribution < 1.29 is 23.8 Å². The van der Waals surface area contributed by atoms with Crippen LogP contribution < -0.4 is 14.8 Å². The zero-order valence-corrected chi connectivity index (χ0v) is 13.8. The minimum atomic E-state index is -0.880. The van der Waals surface area contributed by atoms with Crippen molar-refractivity contribution >= 4 is 11.9 Å². The highest BCUT2D eigenvalue weighted by Gasteiger charge is 2.29. The van der Waals surface area contributed by atoms with Crippen molar-refractivity contribution in [3.8, 4) is 11.5 Å². The van der Waals surface area contributed by atoms with E-state index in [1.54, 1.807) is 18.2 Å². The van der Waals surface area contributed by atoms with E-state index in [1.165, 1.54) is 0 Å². The van der Waals surface area contributed by atoms with Crippen LogP contribution in [-0.4, -0.2) is 31.2 Å². The van der Waals surface area contributed by atoms with E-state index in [0.29, 0.717) is 11.5 Å². The summed E-state index contributed by atoms with van der Waals surface area (Å²) in [6, 6.07) is 16.4. The molecule has 0 fully saturated rings. The highest BCUT2D eigenvalue weighted by Crippen LogP contribution is 2.31. The first kappa shape index (κ1) is 16.8. The monoisotopic (exact) mass is 341 g/mol. The van der Waals surface area contributed by atoms with Gasteiger partial charge in [0.15, 0.2) is 18.1 Å². The Bertz CT molecular complexity index is 746. The molecule has 2 aromatic rings. The Kier molecular flexibility index (Phi) is 5.18. The van der Waals surface area contributed by atoms with Crippen LogP contribution in [0.4, 0.5) is 0 Å². The van der Waals surface area contributed by atoms with Gasteiger partial charge in [0.25, 0.3) is 5.91 Å². The molecule has 0 bridgehead atoms. The number of esters is 1. The average molecular weight is 341 g/mol. The van der Waals surface area contributed by atoms with Gasteiger partial charge in [-0.25, -0.2) is 4.79 Å². The number of para-hydroxylation sites is 2. The highest BCUT2D eigenvalue weighted by molar-refractivity contribution is 5.82. The standard InChI is InChI=1S/C19H19NO5/c1-13(14-7-3-2-4-8-14)20-18(21)12-24-19(22)17-11-23-15-9-5-6-10-16(15)25-17/h2-10,13,17H,11-12H2,1H3,(H,20,21)/t13-,17-/m1/s1. The minimum absolute atomic E-state index is 0.0535. The van der Waals surface area contributed by atoms with Crippen molar-refractivity contribution in [1.82, 2.24) is 5.32 Å². The molecule has 6 heteroatoms. The molecular weight excluding hydrogens is 322 g/mol. The summed E-state index contributed by atoms with van der Waals surface area (Å²) < 4.78 is 16.0. The van der Waals surface area contributed by atoms with Gasteiger partial charge in [-0.2, -0.15) is 0 Å². The van der Waals surface area contributed by atoms with Crippen LogP contribution in [0.1, 0.15) is 18.5 Å². The zero-order valence-electron chi connectivity index (χ0n) is 13.8. The molecule has 2 aromatic carbocycles. The van der Waals surface area contributed by atoms with E-state index >= 15 is 0 Å². The third-order valence-electron chi connectivity index (χ3n) is 3.79. The first-order valence-corrected chi connectivity index (χ1v) is 8.03. The molecule has 0 saturated carbocycles. The van der Waals surface area contributed by atoms with Crippen LogP contribution in [0.3, 0.4) is 0 Å². The lowest BCUT2D eigenvalue weighted by Crippen LogP contribution is -2.40. The normalized spacial score (nSPS) is 16.6. The van der Waals surface area contributed by atoms with Gasteiger partial charge < -0.3 is 19.5 Å². The topological polar surface area (TPSA) is 73.9 Å². The number of hydrogen-bond acceptors (Lipinski definition) is 5. The largest absolute Gasteiger partial charge is 0.485 e. The summed E-state index contributed by atoms with van der Waals surface area (Å²) in [6.07, 6.45) is -0.880. The number of amides is 1. The predicted octanol–water partition coefficient (Wildman–Crippen LogP) is 2.25. The Morgan fingerprint density at radius 3 is 2.56 bits per heavy atom. The van der Waals surface area contributed by atoms with Crippen molar-refractivity contribution in [2.75, 3.05) is 13.2 Å². The van der Waals surface area contributed by atoms with Crippen molar-refractivity contribution in [3.05, 3.63) is 60.2 Å². The van der Waals surface area contributed by atoms with Gasteiger partial charge in [-0.3, -0.25) is 4.79 Å². The molecular formula is C19H19NO5. The molecule has 0 unspecified atom stereocenters. The zero-order chi connectivity index (χ0) is 17.6. The van der Waals surface area contributed by atoms with Crippen molar-refractivity contribution in [2.45, 2.75) is 19.1 Å². The first-order chi connectivity index (χ1) is 12.1. The van der Waals surface area contributed by atoms with Crippen LogP contribution >= 0.6 is 0 Å². The number of fused-ring (bicyclic) bond motifs is 1. The number of rotatable bonds is 5. The second kappa shape index (κ2) is 7.70. The Balaban J connectivity index is 1.47. The Morgan fingerprint density at radius 1 is 1.12 bits per heavy atom. The lowest BCUT2D eigenvalue weighted by Gasteiger charge is -2.24. The predicted molar refractivity (Wildman–Crippen MR) is 90.3 cm³/mol. The first-order valence-electron chi connectivity index (χ1n) is 8.03. The Labute approximate surface area is 145 Å². The SMILES string of the molecule is C[C@@H](NC(=O)COC(=O)[C@H]1COc2ccccc2O1)c1ccccc1. The molecule has 25 heavy (non-hydrogen) atoms. The number of carbonyl (C=O) groups excluding carboxylic acids is 2. The van der Waals surface area contributed by atoms with Crippen LogP contribution in [0.15, 0.2) is 54.6 Å². The van der Waals surface area contributed by atoms with Crippen molar-refractivity contribution in [1.29, 1.82) is 0 Å². The fourth-order valence-electron chi connectivity index (χ4n) is 2.47. The van der Waals surface area contributed by atoms with Gasteiger partial charge in [0.1, 0.15) is 6.61 Å². The van der Waals surface area contributed by atoms with Crippen molar-refractivity contribution in [2.24, 2.45) is 0 Å². The third kappa shape index (κ3) is 4.29. The van der Waals surface area contributed by atoms with E-state index in [2.05, 4.69) is 5.32 Å². The maximum atomic E-state index is 12.1. The average Bonchev–Trinajstić information content (AvgIpc) is 2.66. The molecule has 2 atom stereocenters. The summed E-state index contributed by atoms with van der Waals surface area (Å²) in [4.78, 5) is 24.0. The summed E-state index contributed by atoms with van der Waals surface area (Å²) in [7, 11) is 0. The molecule has 1 aliphatic heterocycles. The molecule has 6 nitrogen and oxygen atoms in total. The molecule has 0 aromatic heterocycles.